The van der Waals surface area contributed by atoms with Crippen molar-refractivity contribution in [2.75, 3.05) is 13.1 Å². The lowest BCUT2D eigenvalue weighted by molar-refractivity contribution is -0.119. The lowest BCUT2D eigenvalue weighted by atomic mass is 9.93. The Morgan fingerprint density at radius 2 is 1.96 bits per heavy atom. The number of fused-ring (bicyclic) bond motifs is 1. The summed E-state index contributed by atoms with van der Waals surface area (Å²) in [5, 5.41) is 4.04. The quantitative estimate of drug-likeness (QED) is 0.901. The maximum Gasteiger partial charge on any atom is 0.317 e. The number of para-hydroxylation sites is 1. The van der Waals surface area contributed by atoms with Gasteiger partial charge in [-0.1, -0.05) is 24.3 Å². The number of aromatic nitrogens is 1. The highest BCUT2D eigenvalue weighted by atomic mass is 16.2. The largest absolute Gasteiger partial charge is 0.370 e. The van der Waals surface area contributed by atoms with Crippen LogP contribution in [0.15, 0.2) is 36.5 Å². The van der Waals surface area contributed by atoms with Crippen molar-refractivity contribution in [3.8, 4) is 0 Å². The number of hydrogen-bond donors (Lipinski definition) is 2. The number of carbonyl (C=O) groups excluding carboxylic acids is 2. The minimum atomic E-state index is -0.263. The highest BCUT2D eigenvalue weighted by molar-refractivity contribution is 5.82. The van der Waals surface area contributed by atoms with Crippen LogP contribution in [0.3, 0.4) is 0 Å². The number of likely N-dealkylation sites (tertiary alicyclic amines) is 1. The van der Waals surface area contributed by atoms with Gasteiger partial charge in [0.1, 0.15) is 0 Å². The fourth-order valence-corrected chi connectivity index (χ4v) is 3.22. The average molecular weight is 326 g/mol. The number of nitrogens with two attached hydrogens (primary N) is 1. The molecule has 1 aliphatic rings. The van der Waals surface area contributed by atoms with E-state index in [-0.39, 0.29) is 11.9 Å². The van der Waals surface area contributed by atoms with E-state index in [9.17, 15) is 9.59 Å². The number of benzene rings is 1. The molecule has 1 saturated heterocycles. The molecule has 6 nitrogen and oxygen atoms in total. The van der Waals surface area contributed by atoms with Crippen molar-refractivity contribution in [2.24, 2.45) is 11.7 Å². The summed E-state index contributed by atoms with van der Waals surface area (Å²) >= 11 is 0. The molecule has 0 radical (unpaired) electrons. The average Bonchev–Trinajstić information content (AvgIpc) is 2.59. The van der Waals surface area contributed by atoms with Gasteiger partial charge in [0.2, 0.25) is 5.91 Å². The number of amides is 3. The Morgan fingerprint density at radius 3 is 2.71 bits per heavy atom. The second-order valence-corrected chi connectivity index (χ2v) is 6.25. The number of piperidine rings is 1. The van der Waals surface area contributed by atoms with Crippen molar-refractivity contribution in [3.05, 3.63) is 42.1 Å². The molecule has 1 aromatic carbocycles. The minimum absolute atomic E-state index is 0.0690. The van der Waals surface area contributed by atoms with Gasteiger partial charge in [0.25, 0.3) is 0 Å². The summed E-state index contributed by atoms with van der Waals surface area (Å²) in [7, 11) is 0. The monoisotopic (exact) mass is 326 g/mol. The molecule has 0 unspecified atom stereocenters. The molecule has 2 heterocycles. The first-order valence-electron chi connectivity index (χ1n) is 8.27. The molecule has 0 atom stereocenters. The van der Waals surface area contributed by atoms with Crippen molar-refractivity contribution in [1.29, 1.82) is 0 Å². The van der Waals surface area contributed by atoms with Crippen molar-refractivity contribution in [3.63, 3.8) is 0 Å². The second-order valence-electron chi connectivity index (χ2n) is 6.25. The predicted octanol–water partition coefficient (Wildman–Crippen LogP) is 2.03. The smallest absolute Gasteiger partial charge is 0.317 e. The summed E-state index contributed by atoms with van der Waals surface area (Å²) in [5.74, 6) is 0.0372. The van der Waals surface area contributed by atoms with Crippen LogP contribution >= 0.6 is 0 Å². The molecule has 126 valence electrons. The summed E-state index contributed by atoms with van der Waals surface area (Å²) in [4.78, 5) is 29.5. The van der Waals surface area contributed by atoms with E-state index in [0.717, 1.165) is 29.3 Å². The number of pyridine rings is 1. The Bertz CT molecular complexity index is 733. The molecule has 1 aliphatic heterocycles. The number of nitrogens with one attached hydrogen (secondary N) is 1. The van der Waals surface area contributed by atoms with Gasteiger partial charge in [0, 0.05) is 37.6 Å². The highest BCUT2D eigenvalue weighted by Gasteiger charge is 2.23. The van der Waals surface area contributed by atoms with E-state index >= 15 is 0 Å². The van der Waals surface area contributed by atoms with E-state index in [1.54, 1.807) is 11.1 Å². The van der Waals surface area contributed by atoms with Crippen LogP contribution in [0.1, 0.15) is 24.8 Å². The summed E-state index contributed by atoms with van der Waals surface area (Å²) in [6.07, 6.45) is 3.83. The lowest BCUT2D eigenvalue weighted by Gasteiger charge is -2.31. The zero-order valence-electron chi connectivity index (χ0n) is 13.6. The molecular formula is C18H22N4O2. The topological polar surface area (TPSA) is 88.3 Å². The van der Waals surface area contributed by atoms with E-state index in [2.05, 4.69) is 10.3 Å². The molecule has 0 aliphatic carbocycles. The zero-order chi connectivity index (χ0) is 16.9. The van der Waals surface area contributed by atoms with Gasteiger partial charge in [-0.2, -0.15) is 0 Å². The fourth-order valence-electron chi connectivity index (χ4n) is 3.22. The summed E-state index contributed by atoms with van der Waals surface area (Å²) in [6.45, 7) is 1.78. The van der Waals surface area contributed by atoms with Crippen LogP contribution in [0.5, 0.6) is 0 Å². The molecule has 0 spiro atoms. The molecule has 2 aromatic rings. The maximum absolute atomic E-state index is 12.3. The van der Waals surface area contributed by atoms with E-state index in [4.69, 9.17) is 5.73 Å². The van der Waals surface area contributed by atoms with Crippen LogP contribution < -0.4 is 11.1 Å². The molecule has 3 amide bonds. The van der Waals surface area contributed by atoms with Gasteiger partial charge in [-0.15, -0.1) is 0 Å². The van der Waals surface area contributed by atoms with Gasteiger partial charge in [-0.05, 0) is 30.4 Å². The van der Waals surface area contributed by atoms with Crippen LogP contribution in [0.4, 0.5) is 4.79 Å². The standard InChI is InChI=1S/C18H22N4O2/c19-16(23)11-13-6-9-22(10-7-13)18(24)21-12-15-4-1-3-14-5-2-8-20-17(14)15/h1-5,8,13H,6-7,9-12H2,(H2,19,23)(H,21,24). The molecule has 24 heavy (non-hydrogen) atoms. The molecule has 0 bridgehead atoms. The van der Waals surface area contributed by atoms with Crippen LogP contribution in [-0.2, 0) is 11.3 Å². The van der Waals surface area contributed by atoms with Crippen LogP contribution in [0.2, 0.25) is 0 Å². The van der Waals surface area contributed by atoms with Crippen molar-refractivity contribution < 1.29 is 9.59 Å². The van der Waals surface area contributed by atoms with Gasteiger partial charge in [0.05, 0.1) is 5.52 Å². The Morgan fingerprint density at radius 1 is 1.21 bits per heavy atom. The van der Waals surface area contributed by atoms with Crippen molar-refractivity contribution in [1.82, 2.24) is 15.2 Å². The maximum atomic E-state index is 12.3. The van der Waals surface area contributed by atoms with Crippen LogP contribution in [-0.4, -0.2) is 34.9 Å². The summed E-state index contributed by atoms with van der Waals surface area (Å²) < 4.78 is 0. The van der Waals surface area contributed by atoms with E-state index in [1.807, 2.05) is 30.3 Å². The Labute approximate surface area is 141 Å². The van der Waals surface area contributed by atoms with E-state index < -0.39 is 0 Å². The van der Waals surface area contributed by atoms with Gasteiger partial charge in [-0.25, -0.2) is 4.79 Å². The molecule has 6 heteroatoms. The number of carbonyl (C=O) groups is 2. The Kier molecular flexibility index (Phi) is 4.93. The Balaban J connectivity index is 1.55. The third-order valence-electron chi connectivity index (χ3n) is 4.54. The summed E-state index contributed by atoms with van der Waals surface area (Å²) in [5.41, 5.74) is 7.16. The number of rotatable bonds is 4. The number of urea groups is 1. The predicted molar refractivity (Wildman–Crippen MR) is 92.1 cm³/mol. The number of primary amides is 1. The third-order valence-corrected chi connectivity index (χ3v) is 4.54. The van der Waals surface area contributed by atoms with Gasteiger partial charge >= 0.3 is 6.03 Å². The van der Waals surface area contributed by atoms with Crippen LogP contribution in [0, 0.1) is 5.92 Å². The first-order chi connectivity index (χ1) is 11.6. The zero-order valence-corrected chi connectivity index (χ0v) is 13.6. The molecule has 1 aromatic heterocycles. The first-order valence-corrected chi connectivity index (χ1v) is 8.27. The number of nitrogens with zero attached hydrogens (tertiary/aromatic N) is 2. The SMILES string of the molecule is NC(=O)CC1CCN(C(=O)NCc2cccc3cccnc23)CC1. The van der Waals surface area contributed by atoms with Crippen molar-refractivity contribution in [2.45, 2.75) is 25.8 Å². The first kappa shape index (κ1) is 16.2. The van der Waals surface area contributed by atoms with E-state index in [0.29, 0.717) is 32.0 Å². The normalized spacial score (nSPS) is 15.4. The van der Waals surface area contributed by atoms with Crippen molar-refractivity contribution >= 4 is 22.8 Å². The van der Waals surface area contributed by atoms with Crippen LogP contribution in [0.25, 0.3) is 10.9 Å². The minimum Gasteiger partial charge on any atom is -0.370 e. The van der Waals surface area contributed by atoms with Gasteiger partial charge in [-0.3, -0.25) is 9.78 Å². The van der Waals surface area contributed by atoms with Gasteiger partial charge in [0.15, 0.2) is 0 Å². The Hall–Kier alpha value is -2.63. The number of hydrogen-bond acceptors (Lipinski definition) is 3. The van der Waals surface area contributed by atoms with Gasteiger partial charge < -0.3 is 16.0 Å². The highest BCUT2D eigenvalue weighted by Crippen LogP contribution is 2.20. The summed E-state index contributed by atoms with van der Waals surface area (Å²) in [6, 6.07) is 9.81. The fraction of sp³-hybridized carbons (Fsp3) is 0.389. The van der Waals surface area contributed by atoms with E-state index in [1.165, 1.54) is 0 Å². The molecule has 1 fully saturated rings. The third kappa shape index (κ3) is 3.82. The molecular weight excluding hydrogens is 304 g/mol. The lowest BCUT2D eigenvalue weighted by Crippen LogP contribution is -2.44. The molecule has 3 N–H and O–H groups in total. The molecule has 3 rings (SSSR count). The molecule has 0 saturated carbocycles. The second kappa shape index (κ2) is 7.29.